The molecule has 0 radical (unpaired) electrons. The number of nitrogens with one attached hydrogen (secondary N) is 1. The van der Waals surface area contributed by atoms with Gasteiger partial charge in [0.05, 0.1) is 25.8 Å². The van der Waals surface area contributed by atoms with Crippen LogP contribution < -0.4 is 11.1 Å². The fourth-order valence-corrected chi connectivity index (χ4v) is 1.12. The molecule has 1 fully saturated rings. The number of rotatable bonds is 3. The van der Waals surface area contributed by atoms with Crippen molar-refractivity contribution in [1.82, 2.24) is 10.3 Å². The van der Waals surface area contributed by atoms with E-state index in [1.807, 2.05) is 5.32 Å². The maximum atomic E-state index is 10.1. The van der Waals surface area contributed by atoms with Gasteiger partial charge in [0.2, 0.25) is 0 Å². The Bertz CT molecular complexity index is 221. The molecule has 0 aliphatic carbocycles. The first kappa shape index (κ1) is 10.7. The molecule has 1 heterocycles. The number of amides is 1. The van der Waals surface area contributed by atoms with Gasteiger partial charge in [-0.1, -0.05) is 0 Å². The van der Waals surface area contributed by atoms with Crippen molar-refractivity contribution in [3.8, 4) is 0 Å². The molecule has 14 heavy (non-hydrogen) atoms. The lowest BCUT2D eigenvalue weighted by Crippen LogP contribution is -2.43. The van der Waals surface area contributed by atoms with E-state index >= 15 is 0 Å². The molecule has 0 aromatic rings. The van der Waals surface area contributed by atoms with Crippen LogP contribution in [0, 0.1) is 0 Å². The van der Waals surface area contributed by atoms with Crippen molar-refractivity contribution in [3.63, 3.8) is 0 Å². The predicted molar refractivity (Wildman–Crippen MR) is 50.0 cm³/mol. The summed E-state index contributed by atoms with van der Waals surface area (Å²) in [6.45, 7) is 2.24. The first-order chi connectivity index (χ1) is 6.72. The zero-order valence-electron chi connectivity index (χ0n) is 7.72. The molecule has 1 saturated heterocycles. The van der Waals surface area contributed by atoms with E-state index in [4.69, 9.17) is 15.6 Å². The average molecular weight is 202 g/mol. The van der Waals surface area contributed by atoms with Crippen LogP contribution in [0.15, 0.2) is 5.10 Å². The Morgan fingerprint density at radius 1 is 1.86 bits per heavy atom. The summed E-state index contributed by atoms with van der Waals surface area (Å²) in [7, 11) is 0. The number of hydrogen-bond acceptors (Lipinski definition) is 5. The lowest BCUT2D eigenvalue weighted by atomic mass is 10.3. The van der Waals surface area contributed by atoms with E-state index in [1.165, 1.54) is 0 Å². The summed E-state index contributed by atoms with van der Waals surface area (Å²) in [5.41, 5.74) is 5.43. The highest BCUT2D eigenvalue weighted by atomic mass is 16.5. The van der Waals surface area contributed by atoms with E-state index in [9.17, 15) is 4.79 Å². The third-order valence-electron chi connectivity index (χ3n) is 1.79. The van der Waals surface area contributed by atoms with Crippen molar-refractivity contribution in [2.45, 2.75) is 6.10 Å². The van der Waals surface area contributed by atoms with Gasteiger partial charge in [-0.2, -0.15) is 5.10 Å². The Morgan fingerprint density at radius 3 is 3.29 bits per heavy atom. The van der Waals surface area contributed by atoms with Crippen LogP contribution in [0.3, 0.4) is 0 Å². The molecule has 1 aliphatic heterocycles. The molecule has 7 heteroatoms. The molecule has 1 amide bonds. The second kappa shape index (κ2) is 5.40. The maximum absolute atomic E-state index is 10.1. The van der Waals surface area contributed by atoms with Crippen molar-refractivity contribution in [3.05, 3.63) is 0 Å². The molecule has 7 nitrogen and oxygen atoms in total. The van der Waals surface area contributed by atoms with E-state index in [0.717, 1.165) is 6.34 Å². The highest BCUT2D eigenvalue weighted by Crippen LogP contribution is 2.03. The van der Waals surface area contributed by atoms with E-state index in [-0.39, 0.29) is 6.10 Å². The Morgan fingerprint density at radius 2 is 2.64 bits per heavy atom. The summed E-state index contributed by atoms with van der Waals surface area (Å²) in [6, 6.07) is 0. The molecule has 1 aliphatic rings. The van der Waals surface area contributed by atoms with Crippen molar-refractivity contribution in [2.75, 3.05) is 26.2 Å². The van der Waals surface area contributed by atoms with Crippen LogP contribution in [0.2, 0.25) is 0 Å². The molecular formula is C7H14N4O3. The van der Waals surface area contributed by atoms with Crippen LogP contribution in [-0.2, 0) is 4.74 Å². The summed E-state index contributed by atoms with van der Waals surface area (Å²) in [6.07, 6.45) is -0.00979. The fourth-order valence-electron chi connectivity index (χ4n) is 1.12. The standard InChI is InChI=1S/C7H14N4O3/c8-3-6-4-11(1-2-14-6)10-5-9-7(12)13/h5-6H,1-4,8H2,(H,9,10)(H,12,13). The zero-order valence-corrected chi connectivity index (χ0v) is 7.72. The minimum absolute atomic E-state index is 0.0225. The summed E-state index contributed by atoms with van der Waals surface area (Å²) < 4.78 is 5.31. The Labute approximate surface area is 81.5 Å². The number of carbonyl (C=O) groups is 1. The SMILES string of the molecule is NCC1CN(N=CNC(=O)O)CCO1. The second-order valence-electron chi connectivity index (χ2n) is 2.84. The van der Waals surface area contributed by atoms with Crippen LogP contribution >= 0.6 is 0 Å². The lowest BCUT2D eigenvalue weighted by molar-refractivity contribution is -0.0221. The Kier molecular flexibility index (Phi) is 4.14. The second-order valence-corrected chi connectivity index (χ2v) is 2.84. The van der Waals surface area contributed by atoms with E-state index in [2.05, 4.69) is 5.10 Å². The largest absolute Gasteiger partial charge is 0.465 e. The topological polar surface area (TPSA) is 100 Å². The number of hydrogen-bond donors (Lipinski definition) is 3. The quantitative estimate of drug-likeness (QED) is 0.396. The van der Waals surface area contributed by atoms with Crippen molar-refractivity contribution < 1.29 is 14.6 Å². The van der Waals surface area contributed by atoms with Gasteiger partial charge in [-0.05, 0) is 0 Å². The highest BCUT2D eigenvalue weighted by Gasteiger charge is 2.17. The van der Waals surface area contributed by atoms with Crippen LogP contribution in [0.25, 0.3) is 0 Å². The molecule has 1 atom stereocenters. The Hall–Kier alpha value is -1.34. The summed E-state index contributed by atoms with van der Waals surface area (Å²) >= 11 is 0. The molecule has 0 saturated carbocycles. The third-order valence-corrected chi connectivity index (χ3v) is 1.79. The first-order valence-electron chi connectivity index (χ1n) is 4.31. The van der Waals surface area contributed by atoms with E-state index < -0.39 is 6.09 Å². The normalized spacial score (nSPS) is 22.6. The van der Waals surface area contributed by atoms with Gasteiger partial charge in [-0.25, -0.2) is 4.79 Å². The van der Waals surface area contributed by atoms with Crippen LogP contribution in [0.4, 0.5) is 4.79 Å². The average Bonchev–Trinajstić information content (AvgIpc) is 2.18. The number of nitrogens with zero attached hydrogens (tertiary/aromatic N) is 2. The minimum atomic E-state index is -1.13. The summed E-state index contributed by atoms with van der Waals surface area (Å²) in [5.74, 6) is 0. The first-order valence-corrected chi connectivity index (χ1v) is 4.31. The maximum Gasteiger partial charge on any atom is 0.409 e. The smallest absolute Gasteiger partial charge is 0.409 e. The zero-order chi connectivity index (χ0) is 10.4. The van der Waals surface area contributed by atoms with Gasteiger partial charge in [-0.3, -0.25) is 10.3 Å². The minimum Gasteiger partial charge on any atom is -0.465 e. The third kappa shape index (κ3) is 3.58. The predicted octanol–water partition coefficient (Wildman–Crippen LogP) is -1.14. The molecule has 1 rings (SSSR count). The number of ether oxygens (including phenoxy) is 1. The van der Waals surface area contributed by atoms with Gasteiger partial charge in [0.15, 0.2) is 0 Å². The van der Waals surface area contributed by atoms with Gasteiger partial charge in [-0.15, -0.1) is 0 Å². The molecule has 0 spiro atoms. The van der Waals surface area contributed by atoms with Gasteiger partial charge in [0, 0.05) is 6.54 Å². The van der Waals surface area contributed by atoms with Crippen LogP contribution in [0.5, 0.6) is 0 Å². The monoisotopic (exact) mass is 202 g/mol. The number of morpholine rings is 1. The van der Waals surface area contributed by atoms with Gasteiger partial charge in [0.25, 0.3) is 0 Å². The number of carboxylic acid groups (broad SMARTS) is 1. The Balaban J connectivity index is 2.29. The van der Waals surface area contributed by atoms with E-state index in [1.54, 1.807) is 5.01 Å². The van der Waals surface area contributed by atoms with Crippen LogP contribution in [0.1, 0.15) is 0 Å². The summed E-state index contributed by atoms with van der Waals surface area (Å²) in [4.78, 5) is 10.1. The van der Waals surface area contributed by atoms with Crippen molar-refractivity contribution >= 4 is 12.4 Å². The summed E-state index contributed by atoms with van der Waals surface area (Å²) in [5, 5.41) is 15.9. The van der Waals surface area contributed by atoms with Crippen molar-refractivity contribution in [2.24, 2.45) is 10.8 Å². The molecular weight excluding hydrogens is 188 g/mol. The van der Waals surface area contributed by atoms with E-state index in [0.29, 0.717) is 26.2 Å². The van der Waals surface area contributed by atoms with Gasteiger partial charge >= 0.3 is 6.09 Å². The molecule has 0 aromatic carbocycles. The number of hydrazone groups is 1. The lowest BCUT2D eigenvalue weighted by Gasteiger charge is -2.29. The van der Waals surface area contributed by atoms with Gasteiger partial charge < -0.3 is 15.6 Å². The fraction of sp³-hybridized carbons (Fsp3) is 0.714. The molecule has 80 valence electrons. The van der Waals surface area contributed by atoms with Crippen molar-refractivity contribution in [1.29, 1.82) is 0 Å². The van der Waals surface area contributed by atoms with Crippen LogP contribution in [-0.4, -0.2) is 54.9 Å². The molecule has 0 bridgehead atoms. The molecule has 0 aromatic heterocycles. The molecule has 4 N–H and O–H groups in total. The van der Waals surface area contributed by atoms with Gasteiger partial charge in [0.1, 0.15) is 6.34 Å². The highest BCUT2D eigenvalue weighted by molar-refractivity contribution is 5.80. The number of nitrogens with two attached hydrogens (primary N) is 1. The molecule has 1 unspecified atom stereocenters.